The molecule has 1 unspecified atom stereocenters. The van der Waals surface area contributed by atoms with Crippen molar-refractivity contribution in [2.75, 3.05) is 13.7 Å². The maximum atomic E-state index is 5.57. The van der Waals surface area contributed by atoms with E-state index in [1.807, 2.05) is 7.11 Å². The van der Waals surface area contributed by atoms with Crippen LogP contribution < -0.4 is 5.32 Å². The summed E-state index contributed by atoms with van der Waals surface area (Å²) in [5.74, 6) is 0. The standard InChI is InChI=1S/C15H29NO/c1-5-11-16-14(12-15(2,3)17-4)13-9-7-6-8-10-13/h9,14,16H,5-8,10-12H2,1-4H3. The van der Waals surface area contributed by atoms with Gasteiger partial charge in [0, 0.05) is 13.2 Å². The average molecular weight is 239 g/mol. The summed E-state index contributed by atoms with van der Waals surface area (Å²) in [4.78, 5) is 0. The lowest BCUT2D eigenvalue weighted by molar-refractivity contribution is 0.00959. The molecule has 0 saturated heterocycles. The quantitative estimate of drug-likeness (QED) is 0.684. The van der Waals surface area contributed by atoms with Crippen LogP contribution in [0.15, 0.2) is 11.6 Å². The lowest BCUT2D eigenvalue weighted by Gasteiger charge is -2.32. The highest BCUT2D eigenvalue weighted by Gasteiger charge is 2.25. The zero-order chi connectivity index (χ0) is 12.7. The van der Waals surface area contributed by atoms with Crippen LogP contribution in [0, 0.1) is 0 Å². The van der Waals surface area contributed by atoms with Gasteiger partial charge in [-0.3, -0.25) is 0 Å². The molecule has 0 saturated carbocycles. The maximum absolute atomic E-state index is 5.57. The molecule has 0 aromatic carbocycles. The Hall–Kier alpha value is -0.340. The topological polar surface area (TPSA) is 21.3 Å². The van der Waals surface area contributed by atoms with Crippen molar-refractivity contribution in [2.24, 2.45) is 0 Å². The Kier molecular flexibility index (Phi) is 6.21. The maximum Gasteiger partial charge on any atom is 0.0640 e. The molecular weight excluding hydrogens is 210 g/mol. The van der Waals surface area contributed by atoms with E-state index in [1.54, 1.807) is 5.57 Å². The molecule has 0 fully saturated rings. The Balaban J connectivity index is 2.62. The van der Waals surface area contributed by atoms with Crippen LogP contribution in [-0.2, 0) is 4.74 Å². The van der Waals surface area contributed by atoms with E-state index >= 15 is 0 Å². The first-order valence-corrected chi connectivity index (χ1v) is 7.06. The summed E-state index contributed by atoms with van der Waals surface area (Å²) in [7, 11) is 1.81. The third-order valence-electron chi connectivity index (χ3n) is 3.66. The van der Waals surface area contributed by atoms with Crippen LogP contribution in [0.4, 0.5) is 0 Å². The molecule has 1 aliphatic carbocycles. The van der Waals surface area contributed by atoms with E-state index in [4.69, 9.17) is 4.74 Å². The van der Waals surface area contributed by atoms with Crippen molar-refractivity contribution in [1.82, 2.24) is 5.32 Å². The summed E-state index contributed by atoms with van der Waals surface area (Å²) < 4.78 is 5.57. The van der Waals surface area contributed by atoms with Crippen molar-refractivity contribution in [2.45, 2.75) is 70.9 Å². The molecule has 1 rings (SSSR count). The Morgan fingerprint density at radius 2 is 2.18 bits per heavy atom. The van der Waals surface area contributed by atoms with Crippen LogP contribution in [-0.4, -0.2) is 25.3 Å². The summed E-state index contributed by atoms with van der Waals surface area (Å²) in [5, 5.41) is 3.68. The smallest absolute Gasteiger partial charge is 0.0640 e. The third-order valence-corrected chi connectivity index (χ3v) is 3.66. The highest BCUT2D eigenvalue weighted by Crippen LogP contribution is 2.26. The first-order chi connectivity index (χ1) is 8.09. The fourth-order valence-electron chi connectivity index (χ4n) is 2.41. The zero-order valence-electron chi connectivity index (χ0n) is 12.0. The van der Waals surface area contributed by atoms with Gasteiger partial charge in [0.05, 0.1) is 5.60 Å². The molecule has 2 heteroatoms. The van der Waals surface area contributed by atoms with Gasteiger partial charge in [0.2, 0.25) is 0 Å². The molecule has 17 heavy (non-hydrogen) atoms. The van der Waals surface area contributed by atoms with E-state index in [2.05, 4.69) is 32.2 Å². The molecule has 0 aliphatic heterocycles. The highest BCUT2D eigenvalue weighted by molar-refractivity contribution is 5.14. The second-order valence-corrected chi connectivity index (χ2v) is 5.70. The van der Waals surface area contributed by atoms with Crippen LogP contribution in [0.5, 0.6) is 0 Å². The number of allylic oxidation sites excluding steroid dienone is 1. The molecule has 0 aromatic heterocycles. The van der Waals surface area contributed by atoms with E-state index in [1.165, 1.54) is 32.1 Å². The number of rotatable bonds is 7. The fourth-order valence-corrected chi connectivity index (χ4v) is 2.41. The monoisotopic (exact) mass is 239 g/mol. The molecule has 100 valence electrons. The number of hydrogen-bond acceptors (Lipinski definition) is 2. The number of ether oxygens (including phenoxy) is 1. The summed E-state index contributed by atoms with van der Waals surface area (Å²) in [6.45, 7) is 7.68. The van der Waals surface area contributed by atoms with Crippen LogP contribution in [0.3, 0.4) is 0 Å². The second kappa shape index (κ2) is 7.17. The molecule has 1 aliphatic rings. The van der Waals surface area contributed by atoms with Crippen LogP contribution in [0.2, 0.25) is 0 Å². The van der Waals surface area contributed by atoms with Gasteiger partial charge in [0.1, 0.15) is 0 Å². The largest absolute Gasteiger partial charge is 0.379 e. The molecular formula is C15H29NO. The van der Waals surface area contributed by atoms with Gasteiger partial charge >= 0.3 is 0 Å². The van der Waals surface area contributed by atoms with E-state index in [0.717, 1.165) is 13.0 Å². The summed E-state index contributed by atoms with van der Waals surface area (Å²) in [6.07, 6.45) is 9.94. The third kappa shape index (κ3) is 5.22. The first kappa shape index (κ1) is 14.7. The highest BCUT2D eigenvalue weighted by atomic mass is 16.5. The fraction of sp³-hybridized carbons (Fsp3) is 0.867. The second-order valence-electron chi connectivity index (χ2n) is 5.70. The number of nitrogens with one attached hydrogen (secondary N) is 1. The van der Waals surface area contributed by atoms with Crippen LogP contribution in [0.25, 0.3) is 0 Å². The summed E-state index contributed by atoms with van der Waals surface area (Å²) in [6, 6.07) is 0.505. The Morgan fingerprint density at radius 1 is 1.41 bits per heavy atom. The average Bonchev–Trinajstić information content (AvgIpc) is 2.35. The van der Waals surface area contributed by atoms with Crippen molar-refractivity contribution in [3.05, 3.63) is 11.6 Å². The minimum Gasteiger partial charge on any atom is -0.379 e. The van der Waals surface area contributed by atoms with Crippen molar-refractivity contribution in [1.29, 1.82) is 0 Å². The van der Waals surface area contributed by atoms with Crippen LogP contribution >= 0.6 is 0 Å². The van der Waals surface area contributed by atoms with Crippen molar-refractivity contribution >= 4 is 0 Å². The van der Waals surface area contributed by atoms with Crippen molar-refractivity contribution < 1.29 is 4.74 Å². The van der Waals surface area contributed by atoms with Crippen LogP contribution in [0.1, 0.15) is 59.3 Å². The predicted molar refractivity (Wildman–Crippen MR) is 74.3 cm³/mol. The van der Waals surface area contributed by atoms with Crippen molar-refractivity contribution in [3.8, 4) is 0 Å². The van der Waals surface area contributed by atoms with Crippen molar-refractivity contribution in [3.63, 3.8) is 0 Å². The molecule has 0 bridgehead atoms. The molecule has 0 radical (unpaired) electrons. The lowest BCUT2D eigenvalue weighted by atomic mass is 9.87. The van der Waals surface area contributed by atoms with Gasteiger partial charge in [-0.2, -0.15) is 0 Å². The molecule has 1 atom stereocenters. The van der Waals surface area contributed by atoms with Gasteiger partial charge in [-0.05, 0) is 58.9 Å². The van der Waals surface area contributed by atoms with Gasteiger partial charge in [0.15, 0.2) is 0 Å². The first-order valence-electron chi connectivity index (χ1n) is 7.06. The van der Waals surface area contributed by atoms with E-state index < -0.39 is 0 Å². The van der Waals surface area contributed by atoms with E-state index in [0.29, 0.717) is 6.04 Å². The number of hydrogen-bond donors (Lipinski definition) is 1. The van der Waals surface area contributed by atoms with Gasteiger partial charge in [-0.25, -0.2) is 0 Å². The molecule has 0 spiro atoms. The molecule has 0 heterocycles. The molecule has 2 nitrogen and oxygen atoms in total. The SMILES string of the molecule is CCCNC(CC(C)(C)OC)C1=CCCCC1. The number of methoxy groups -OCH3 is 1. The summed E-state index contributed by atoms with van der Waals surface area (Å²) in [5.41, 5.74) is 1.57. The van der Waals surface area contributed by atoms with Gasteiger partial charge in [0.25, 0.3) is 0 Å². The van der Waals surface area contributed by atoms with Gasteiger partial charge in [-0.1, -0.05) is 18.6 Å². The minimum absolute atomic E-state index is 0.0380. The Labute approximate surface area is 107 Å². The van der Waals surface area contributed by atoms with E-state index in [-0.39, 0.29) is 5.60 Å². The molecule has 0 amide bonds. The zero-order valence-corrected chi connectivity index (χ0v) is 12.0. The van der Waals surface area contributed by atoms with Gasteiger partial charge < -0.3 is 10.1 Å². The van der Waals surface area contributed by atoms with Gasteiger partial charge in [-0.15, -0.1) is 0 Å². The Bertz CT molecular complexity index is 245. The lowest BCUT2D eigenvalue weighted by Crippen LogP contribution is -2.39. The molecule has 1 N–H and O–H groups in total. The minimum atomic E-state index is -0.0380. The normalized spacial score (nSPS) is 18.9. The summed E-state index contributed by atoms with van der Waals surface area (Å²) >= 11 is 0. The van der Waals surface area contributed by atoms with E-state index in [9.17, 15) is 0 Å². The predicted octanol–water partition coefficient (Wildman–Crippen LogP) is 3.67. The Morgan fingerprint density at radius 3 is 2.71 bits per heavy atom. The molecule has 0 aromatic rings.